The summed E-state index contributed by atoms with van der Waals surface area (Å²) in [7, 11) is -4.25. The second-order valence-electron chi connectivity index (χ2n) is 6.37. The van der Waals surface area contributed by atoms with Crippen LogP contribution in [0.1, 0.15) is 12.0 Å². The minimum Gasteiger partial charge on any atom is -0.493 e. The Balaban J connectivity index is 2.12. The lowest BCUT2D eigenvalue weighted by atomic mass is 10.2. The van der Waals surface area contributed by atoms with Crippen LogP contribution in [-0.2, 0) is 16.6 Å². The van der Waals surface area contributed by atoms with Gasteiger partial charge in [-0.05, 0) is 55.8 Å². The highest BCUT2D eigenvalue weighted by molar-refractivity contribution is 7.92. The number of para-hydroxylation sites is 1. The van der Waals surface area contributed by atoms with Crippen LogP contribution in [0.15, 0.2) is 71.6 Å². The van der Waals surface area contributed by atoms with Gasteiger partial charge < -0.3 is 4.74 Å². The summed E-state index contributed by atoms with van der Waals surface area (Å²) < 4.78 is 61.7. The number of sulfonamides is 1. The fourth-order valence-electron chi connectivity index (χ4n) is 2.82. The lowest BCUT2D eigenvalue weighted by Crippen LogP contribution is -2.31. The molecule has 1 radical (unpaired) electrons. The van der Waals surface area contributed by atoms with Crippen molar-refractivity contribution in [3.63, 3.8) is 0 Å². The van der Waals surface area contributed by atoms with E-state index in [1.807, 2.05) is 0 Å². The molecule has 0 aliphatic carbocycles. The zero-order valence-corrected chi connectivity index (χ0v) is 17.5. The van der Waals surface area contributed by atoms with Crippen molar-refractivity contribution in [1.82, 2.24) is 0 Å². The molecule has 8 heteroatoms. The Morgan fingerprint density at radius 3 is 2.40 bits per heavy atom. The van der Waals surface area contributed by atoms with Crippen molar-refractivity contribution in [2.24, 2.45) is 0 Å². The molecule has 30 heavy (non-hydrogen) atoms. The maximum atomic E-state index is 14.6. The van der Waals surface area contributed by atoms with Crippen molar-refractivity contribution in [3.05, 3.63) is 95.9 Å². The molecule has 0 unspecified atom stereocenters. The number of hydrogen-bond acceptors (Lipinski definition) is 3. The number of anilines is 1. The van der Waals surface area contributed by atoms with Crippen LogP contribution in [0.2, 0.25) is 5.02 Å². The molecule has 0 bridgehead atoms. The molecule has 0 N–H and O–H groups in total. The number of nitrogens with zero attached hydrogens (tertiary/aromatic N) is 1. The minimum absolute atomic E-state index is 0.105. The van der Waals surface area contributed by atoms with Crippen LogP contribution < -0.4 is 9.04 Å². The highest BCUT2D eigenvalue weighted by Crippen LogP contribution is 2.31. The summed E-state index contributed by atoms with van der Waals surface area (Å²) in [5.41, 5.74) is 0.0871. The second-order valence-corrected chi connectivity index (χ2v) is 8.67. The van der Waals surface area contributed by atoms with E-state index in [-0.39, 0.29) is 11.4 Å². The fraction of sp³-hybridized carbons (Fsp3) is 0.136. The first kappa shape index (κ1) is 22.1. The summed E-state index contributed by atoms with van der Waals surface area (Å²) >= 11 is 5.86. The number of hydrogen-bond donors (Lipinski definition) is 0. The third-order valence-corrected chi connectivity index (χ3v) is 6.29. The molecular formula is C22H19ClF2NO3S. The molecular weight excluding hydrogens is 432 g/mol. The van der Waals surface area contributed by atoms with Gasteiger partial charge in [-0.15, -0.1) is 0 Å². The summed E-state index contributed by atoms with van der Waals surface area (Å²) in [6.07, 6.45) is 0.514. The molecule has 0 amide bonds. The van der Waals surface area contributed by atoms with Gasteiger partial charge >= 0.3 is 0 Å². The van der Waals surface area contributed by atoms with Gasteiger partial charge in [0.25, 0.3) is 10.0 Å². The normalized spacial score (nSPS) is 11.3. The molecule has 3 aromatic carbocycles. The highest BCUT2D eigenvalue weighted by Gasteiger charge is 2.28. The molecule has 0 atom stereocenters. The zero-order valence-electron chi connectivity index (χ0n) is 15.9. The first-order valence-electron chi connectivity index (χ1n) is 9.06. The van der Waals surface area contributed by atoms with Gasteiger partial charge in [0.1, 0.15) is 17.4 Å². The zero-order chi connectivity index (χ0) is 21.7. The van der Waals surface area contributed by atoms with Gasteiger partial charge in [-0.1, -0.05) is 29.8 Å². The Labute approximate surface area is 179 Å². The number of ether oxygens (including phenoxy) is 1. The fourth-order valence-corrected chi connectivity index (χ4v) is 4.39. The smallest absolute Gasteiger partial charge is 0.264 e. The Bertz CT molecular complexity index is 1120. The van der Waals surface area contributed by atoms with Crippen LogP contribution in [0.3, 0.4) is 0 Å². The van der Waals surface area contributed by atoms with Crippen LogP contribution in [0, 0.1) is 18.6 Å². The van der Waals surface area contributed by atoms with Gasteiger partial charge in [0, 0.05) is 16.7 Å². The van der Waals surface area contributed by atoms with E-state index in [4.69, 9.17) is 16.3 Å². The SMILES string of the molecule is [CH2]CCOc1ccccc1CN(c1cc(F)ccc1F)S(=O)(=O)c1ccc(Cl)cc1. The van der Waals surface area contributed by atoms with E-state index < -0.39 is 27.3 Å². The van der Waals surface area contributed by atoms with Crippen LogP contribution in [-0.4, -0.2) is 15.0 Å². The molecule has 4 nitrogen and oxygen atoms in total. The van der Waals surface area contributed by atoms with Crippen LogP contribution in [0.4, 0.5) is 14.5 Å². The quantitative estimate of drug-likeness (QED) is 0.447. The minimum atomic E-state index is -4.25. The molecule has 0 saturated heterocycles. The third-order valence-electron chi connectivity index (χ3n) is 4.27. The summed E-state index contributed by atoms with van der Waals surface area (Å²) in [5.74, 6) is -1.19. The van der Waals surface area contributed by atoms with E-state index in [2.05, 4.69) is 6.92 Å². The number of rotatable bonds is 8. The summed E-state index contributed by atoms with van der Waals surface area (Å²) in [5, 5.41) is 0.351. The number of halogens is 3. The number of benzene rings is 3. The molecule has 3 aromatic rings. The molecule has 3 rings (SSSR count). The summed E-state index contributed by atoms with van der Waals surface area (Å²) in [6, 6.07) is 14.9. The van der Waals surface area contributed by atoms with E-state index in [1.54, 1.807) is 24.3 Å². The lowest BCUT2D eigenvalue weighted by Gasteiger charge is -2.26. The van der Waals surface area contributed by atoms with Gasteiger partial charge in [0.05, 0.1) is 23.7 Å². The van der Waals surface area contributed by atoms with Crippen molar-refractivity contribution in [1.29, 1.82) is 0 Å². The summed E-state index contributed by atoms with van der Waals surface area (Å²) in [6.45, 7) is 3.78. The van der Waals surface area contributed by atoms with E-state index in [1.165, 1.54) is 24.3 Å². The van der Waals surface area contributed by atoms with E-state index in [0.29, 0.717) is 29.4 Å². The molecule has 0 aliphatic rings. The van der Waals surface area contributed by atoms with Crippen molar-refractivity contribution < 1.29 is 21.9 Å². The van der Waals surface area contributed by atoms with Crippen molar-refractivity contribution in [2.75, 3.05) is 10.9 Å². The molecule has 157 valence electrons. The Morgan fingerprint density at radius 1 is 1.00 bits per heavy atom. The highest BCUT2D eigenvalue weighted by atomic mass is 35.5. The Morgan fingerprint density at radius 2 is 1.70 bits per heavy atom. The van der Waals surface area contributed by atoms with E-state index in [0.717, 1.165) is 22.5 Å². The average molecular weight is 451 g/mol. The molecule has 0 spiro atoms. The van der Waals surface area contributed by atoms with Gasteiger partial charge in [-0.2, -0.15) is 0 Å². The average Bonchev–Trinajstić information content (AvgIpc) is 2.73. The molecule has 0 heterocycles. The van der Waals surface area contributed by atoms with Crippen LogP contribution >= 0.6 is 11.6 Å². The predicted molar refractivity (Wildman–Crippen MR) is 113 cm³/mol. The lowest BCUT2D eigenvalue weighted by molar-refractivity contribution is 0.321. The van der Waals surface area contributed by atoms with Crippen molar-refractivity contribution in [3.8, 4) is 5.75 Å². The Kier molecular flexibility index (Phi) is 6.95. The topological polar surface area (TPSA) is 46.6 Å². The van der Waals surface area contributed by atoms with Crippen LogP contribution in [0.5, 0.6) is 5.75 Å². The second kappa shape index (κ2) is 9.45. The first-order chi connectivity index (χ1) is 14.3. The maximum absolute atomic E-state index is 14.6. The summed E-state index contributed by atoms with van der Waals surface area (Å²) in [4.78, 5) is -0.105. The first-order valence-corrected chi connectivity index (χ1v) is 10.9. The van der Waals surface area contributed by atoms with Gasteiger partial charge in [0.2, 0.25) is 0 Å². The van der Waals surface area contributed by atoms with Gasteiger partial charge in [-0.3, -0.25) is 4.31 Å². The third kappa shape index (κ3) is 4.91. The molecule has 0 aliphatic heterocycles. The molecule has 0 saturated carbocycles. The molecule has 0 aromatic heterocycles. The van der Waals surface area contributed by atoms with E-state index >= 15 is 0 Å². The molecule has 0 fully saturated rings. The predicted octanol–water partition coefficient (Wildman–Crippen LogP) is 5.62. The van der Waals surface area contributed by atoms with Gasteiger partial charge in [0.15, 0.2) is 0 Å². The van der Waals surface area contributed by atoms with Crippen LogP contribution in [0.25, 0.3) is 0 Å². The van der Waals surface area contributed by atoms with Crippen molar-refractivity contribution in [2.45, 2.75) is 17.9 Å². The standard InChI is InChI=1S/C22H19ClF2NO3S/c1-2-13-29-22-6-4-3-5-16(22)15-26(21-14-18(24)9-12-20(21)25)30(27,28)19-10-7-17(23)8-11-19/h3-12,14H,1-2,13,15H2. The van der Waals surface area contributed by atoms with E-state index in [9.17, 15) is 17.2 Å². The maximum Gasteiger partial charge on any atom is 0.264 e. The largest absolute Gasteiger partial charge is 0.493 e. The Hall–Kier alpha value is -2.64. The monoisotopic (exact) mass is 450 g/mol. The van der Waals surface area contributed by atoms with Gasteiger partial charge in [-0.25, -0.2) is 17.2 Å². The van der Waals surface area contributed by atoms with Crippen molar-refractivity contribution >= 4 is 27.3 Å².